The van der Waals surface area contributed by atoms with Crippen molar-refractivity contribution in [2.45, 2.75) is 64.3 Å². The van der Waals surface area contributed by atoms with Crippen LogP contribution in [0, 0.1) is 0 Å². The van der Waals surface area contributed by atoms with E-state index < -0.39 is 8.32 Å². The average molecular weight is 289 g/mol. The van der Waals surface area contributed by atoms with Crippen molar-refractivity contribution in [1.82, 2.24) is 0 Å². The van der Waals surface area contributed by atoms with E-state index in [0.29, 0.717) is 0 Å². The van der Waals surface area contributed by atoms with Gasteiger partial charge in [0.15, 0.2) is 8.32 Å². The molecule has 20 heavy (non-hydrogen) atoms. The second-order valence-electron chi connectivity index (χ2n) is 5.96. The smallest absolute Gasteiger partial charge is 0.194 e. The molecule has 0 amide bonds. The molecule has 0 spiro atoms. The molecule has 0 N–H and O–H groups in total. The SMILES string of the molecule is CCC[Si](CCC)(CCC)OC1C=Cc2ccccc21. The largest absolute Gasteiger partial charge is 0.406 e. The molecule has 0 aromatic heterocycles. The van der Waals surface area contributed by atoms with Gasteiger partial charge < -0.3 is 4.43 Å². The quantitative estimate of drug-likeness (QED) is 0.537. The van der Waals surface area contributed by atoms with Gasteiger partial charge in [0.25, 0.3) is 0 Å². The lowest BCUT2D eigenvalue weighted by Gasteiger charge is -2.34. The third-order valence-corrected chi connectivity index (χ3v) is 9.23. The van der Waals surface area contributed by atoms with Crippen LogP contribution in [0.5, 0.6) is 0 Å². The summed E-state index contributed by atoms with van der Waals surface area (Å²) >= 11 is 0. The Morgan fingerprint density at radius 1 is 0.950 bits per heavy atom. The van der Waals surface area contributed by atoms with E-state index in [1.807, 2.05) is 0 Å². The third kappa shape index (κ3) is 3.42. The molecule has 1 aliphatic carbocycles. The van der Waals surface area contributed by atoms with Gasteiger partial charge in [-0.15, -0.1) is 0 Å². The Hall–Kier alpha value is -0.863. The summed E-state index contributed by atoms with van der Waals surface area (Å²) in [5, 5.41) is 0. The number of rotatable bonds is 8. The molecule has 1 nitrogen and oxygen atoms in total. The van der Waals surface area contributed by atoms with Crippen molar-refractivity contribution in [2.75, 3.05) is 0 Å². The maximum absolute atomic E-state index is 6.80. The number of hydrogen-bond acceptors (Lipinski definition) is 1. The summed E-state index contributed by atoms with van der Waals surface area (Å²) in [4.78, 5) is 0. The summed E-state index contributed by atoms with van der Waals surface area (Å²) in [5.41, 5.74) is 2.71. The fourth-order valence-corrected chi connectivity index (χ4v) is 8.09. The fourth-order valence-electron chi connectivity index (χ4n) is 3.51. The van der Waals surface area contributed by atoms with Crippen LogP contribution < -0.4 is 0 Å². The Morgan fingerprint density at radius 3 is 2.15 bits per heavy atom. The number of hydrogen-bond donors (Lipinski definition) is 0. The zero-order valence-corrected chi connectivity index (χ0v) is 14.2. The first-order chi connectivity index (χ1) is 9.74. The topological polar surface area (TPSA) is 9.23 Å². The van der Waals surface area contributed by atoms with Crippen molar-refractivity contribution >= 4 is 14.4 Å². The molecule has 1 atom stereocenters. The van der Waals surface area contributed by atoms with Gasteiger partial charge >= 0.3 is 0 Å². The molecule has 1 unspecified atom stereocenters. The lowest BCUT2D eigenvalue weighted by molar-refractivity contribution is 0.238. The number of fused-ring (bicyclic) bond motifs is 1. The van der Waals surface area contributed by atoms with Gasteiger partial charge in [-0.25, -0.2) is 0 Å². The molecule has 110 valence electrons. The van der Waals surface area contributed by atoms with Crippen molar-refractivity contribution in [3.05, 3.63) is 41.5 Å². The molecule has 0 radical (unpaired) electrons. The van der Waals surface area contributed by atoms with E-state index in [4.69, 9.17) is 4.43 Å². The minimum absolute atomic E-state index is 0.211. The standard InChI is InChI=1S/C18H28OSi/c1-4-13-20(14-5-2,15-6-3)19-18-12-11-16-9-7-8-10-17(16)18/h7-12,18H,4-6,13-15H2,1-3H3. The van der Waals surface area contributed by atoms with Crippen molar-refractivity contribution in [1.29, 1.82) is 0 Å². The Kier molecular flexibility index (Phi) is 5.61. The zero-order chi connectivity index (χ0) is 14.4. The molecule has 1 aromatic carbocycles. The predicted octanol–water partition coefficient (Wildman–Crippen LogP) is 5.95. The van der Waals surface area contributed by atoms with E-state index in [1.165, 1.54) is 48.5 Å². The first-order valence-corrected chi connectivity index (χ1v) is 10.7. The summed E-state index contributed by atoms with van der Waals surface area (Å²) < 4.78 is 6.80. The fraction of sp³-hybridized carbons (Fsp3) is 0.556. The molecule has 0 aliphatic heterocycles. The second kappa shape index (κ2) is 7.23. The van der Waals surface area contributed by atoms with Crippen molar-refractivity contribution < 1.29 is 4.43 Å². The Labute approximate surface area is 125 Å². The Bertz CT molecular complexity index is 435. The van der Waals surface area contributed by atoms with Crippen LogP contribution in [0.4, 0.5) is 0 Å². The van der Waals surface area contributed by atoms with Crippen LogP contribution in [0.3, 0.4) is 0 Å². The zero-order valence-electron chi connectivity index (χ0n) is 13.2. The molecule has 1 aliphatic rings. The van der Waals surface area contributed by atoms with Crippen molar-refractivity contribution in [3.8, 4) is 0 Å². The van der Waals surface area contributed by atoms with Crippen molar-refractivity contribution in [3.63, 3.8) is 0 Å². The molecule has 0 saturated carbocycles. The lowest BCUT2D eigenvalue weighted by Crippen LogP contribution is -2.38. The van der Waals surface area contributed by atoms with Gasteiger partial charge in [-0.05, 0) is 29.3 Å². The summed E-state index contributed by atoms with van der Waals surface area (Å²) in [6.07, 6.45) is 8.46. The molecule has 0 saturated heterocycles. The van der Waals surface area contributed by atoms with Gasteiger partial charge in [-0.3, -0.25) is 0 Å². The minimum Gasteiger partial charge on any atom is -0.406 e. The molecule has 0 fully saturated rings. The maximum Gasteiger partial charge on any atom is 0.194 e. The van der Waals surface area contributed by atoms with Gasteiger partial charge in [0.05, 0.1) is 6.10 Å². The van der Waals surface area contributed by atoms with E-state index in [-0.39, 0.29) is 6.10 Å². The van der Waals surface area contributed by atoms with Gasteiger partial charge in [-0.2, -0.15) is 0 Å². The summed E-state index contributed by atoms with van der Waals surface area (Å²) in [7, 11) is -1.58. The van der Waals surface area contributed by atoms with E-state index in [2.05, 4.69) is 57.2 Å². The lowest BCUT2D eigenvalue weighted by atomic mass is 10.1. The van der Waals surface area contributed by atoms with E-state index in [1.54, 1.807) is 0 Å². The molecular formula is C18H28OSi. The van der Waals surface area contributed by atoms with Crippen LogP contribution in [0.1, 0.15) is 57.3 Å². The van der Waals surface area contributed by atoms with Crippen LogP contribution >= 0.6 is 0 Å². The number of benzene rings is 1. The van der Waals surface area contributed by atoms with Gasteiger partial charge in [-0.1, -0.05) is 76.5 Å². The monoisotopic (exact) mass is 288 g/mol. The van der Waals surface area contributed by atoms with Crippen LogP contribution in [0.25, 0.3) is 6.08 Å². The molecule has 2 rings (SSSR count). The van der Waals surface area contributed by atoms with Crippen LogP contribution in [0.2, 0.25) is 18.1 Å². The first kappa shape index (κ1) is 15.5. The third-order valence-electron chi connectivity index (χ3n) is 4.25. The Morgan fingerprint density at radius 2 is 1.55 bits per heavy atom. The second-order valence-corrected chi connectivity index (χ2v) is 10.1. The molecule has 2 heteroatoms. The molecular weight excluding hydrogens is 260 g/mol. The van der Waals surface area contributed by atoms with E-state index in [0.717, 1.165) is 0 Å². The summed E-state index contributed by atoms with van der Waals surface area (Å²) in [6, 6.07) is 12.6. The maximum atomic E-state index is 6.80. The first-order valence-electron chi connectivity index (χ1n) is 8.19. The highest BCUT2D eigenvalue weighted by Gasteiger charge is 2.35. The highest BCUT2D eigenvalue weighted by Crippen LogP contribution is 2.38. The van der Waals surface area contributed by atoms with Crippen LogP contribution in [-0.4, -0.2) is 8.32 Å². The average Bonchev–Trinajstić information content (AvgIpc) is 2.83. The van der Waals surface area contributed by atoms with Crippen LogP contribution in [0.15, 0.2) is 30.3 Å². The van der Waals surface area contributed by atoms with Gasteiger partial charge in [0.2, 0.25) is 0 Å². The van der Waals surface area contributed by atoms with Crippen molar-refractivity contribution in [2.24, 2.45) is 0 Å². The summed E-state index contributed by atoms with van der Waals surface area (Å²) in [6.45, 7) is 6.90. The highest BCUT2D eigenvalue weighted by atomic mass is 28.4. The highest BCUT2D eigenvalue weighted by molar-refractivity contribution is 6.73. The molecule has 1 aromatic rings. The molecule has 0 bridgehead atoms. The summed E-state index contributed by atoms with van der Waals surface area (Å²) in [5.74, 6) is 0. The van der Waals surface area contributed by atoms with E-state index in [9.17, 15) is 0 Å². The van der Waals surface area contributed by atoms with E-state index >= 15 is 0 Å². The normalized spacial score (nSPS) is 17.4. The Balaban J connectivity index is 2.18. The van der Waals surface area contributed by atoms with Gasteiger partial charge in [0, 0.05) is 0 Å². The minimum atomic E-state index is -1.58. The molecule has 0 heterocycles. The van der Waals surface area contributed by atoms with Crippen LogP contribution in [-0.2, 0) is 4.43 Å². The predicted molar refractivity (Wildman–Crippen MR) is 90.4 cm³/mol. The van der Waals surface area contributed by atoms with Gasteiger partial charge in [0.1, 0.15) is 0 Å².